The van der Waals surface area contributed by atoms with Gasteiger partial charge in [-0.15, -0.1) is 0 Å². The Hall–Kier alpha value is -2.17. The largest absolute Gasteiger partial charge is 0.481 e. The van der Waals surface area contributed by atoms with E-state index in [-0.39, 0.29) is 10.6 Å². The lowest BCUT2D eigenvalue weighted by atomic mass is 9.96. The van der Waals surface area contributed by atoms with E-state index in [1.54, 1.807) is 0 Å². The van der Waals surface area contributed by atoms with Gasteiger partial charge in [-0.25, -0.2) is 9.18 Å². The monoisotopic (exact) mass is 382 g/mol. The SMILES string of the molecule is CS(=O)c1ccc(NC(=O)N2C[C@@H](C(F)(F)F)[C@H](C(=O)O)C2)cc1F. The second-order valence-electron chi connectivity index (χ2n) is 5.53. The highest BCUT2D eigenvalue weighted by atomic mass is 32.2. The van der Waals surface area contributed by atoms with E-state index >= 15 is 0 Å². The second kappa shape index (κ2) is 6.98. The van der Waals surface area contributed by atoms with E-state index in [1.807, 2.05) is 0 Å². The van der Waals surface area contributed by atoms with Gasteiger partial charge in [0, 0.05) is 25.0 Å². The first-order chi connectivity index (χ1) is 11.5. The van der Waals surface area contributed by atoms with Gasteiger partial charge in [0.1, 0.15) is 5.82 Å². The van der Waals surface area contributed by atoms with Crippen molar-refractivity contribution in [1.82, 2.24) is 4.90 Å². The Labute approximate surface area is 142 Å². The number of rotatable bonds is 3. The lowest BCUT2D eigenvalue weighted by Crippen LogP contribution is -2.35. The highest BCUT2D eigenvalue weighted by Crippen LogP contribution is 2.37. The van der Waals surface area contributed by atoms with Crippen LogP contribution in [0, 0.1) is 17.7 Å². The molecule has 1 aliphatic rings. The third kappa shape index (κ3) is 4.27. The van der Waals surface area contributed by atoms with Crippen LogP contribution in [0.15, 0.2) is 23.1 Å². The molecule has 0 aliphatic carbocycles. The van der Waals surface area contributed by atoms with Crippen molar-refractivity contribution in [3.63, 3.8) is 0 Å². The number of benzene rings is 1. The molecule has 2 amide bonds. The van der Waals surface area contributed by atoms with Crippen LogP contribution in [0.4, 0.5) is 28.0 Å². The summed E-state index contributed by atoms with van der Waals surface area (Å²) in [5.74, 6) is -6.40. The highest BCUT2D eigenvalue weighted by molar-refractivity contribution is 7.84. The Morgan fingerprint density at radius 2 is 1.96 bits per heavy atom. The maximum Gasteiger partial charge on any atom is 0.394 e. The van der Waals surface area contributed by atoms with E-state index in [0.717, 1.165) is 11.0 Å². The molecule has 0 bridgehead atoms. The van der Waals surface area contributed by atoms with Crippen LogP contribution in [0.5, 0.6) is 0 Å². The number of anilines is 1. The number of carbonyl (C=O) groups is 2. The Bertz CT molecular complexity index is 725. The van der Waals surface area contributed by atoms with Crippen LogP contribution in [0.3, 0.4) is 0 Å². The summed E-state index contributed by atoms with van der Waals surface area (Å²) in [6.45, 7) is -1.41. The first-order valence-corrected chi connectivity index (χ1v) is 8.55. The smallest absolute Gasteiger partial charge is 0.394 e. The van der Waals surface area contributed by atoms with Crippen molar-refractivity contribution in [2.24, 2.45) is 11.8 Å². The van der Waals surface area contributed by atoms with Crippen LogP contribution < -0.4 is 5.32 Å². The number of carboxylic acid groups (broad SMARTS) is 1. The number of alkyl halides is 3. The third-order valence-electron chi connectivity index (χ3n) is 3.84. The van der Waals surface area contributed by atoms with Gasteiger partial charge in [-0.05, 0) is 18.2 Å². The standard InChI is InChI=1S/C14H14F4N2O4S/c1-25(24)11-3-2-7(4-10(11)15)19-13(23)20-5-8(12(21)22)9(6-20)14(16,17)18/h2-4,8-9H,5-6H2,1H3,(H,19,23)(H,21,22)/t8-,9-,25?/m1/s1. The third-order valence-corrected chi connectivity index (χ3v) is 4.79. The summed E-state index contributed by atoms with van der Waals surface area (Å²) in [4.78, 5) is 23.7. The molecule has 0 spiro atoms. The van der Waals surface area contributed by atoms with Crippen LogP contribution in [0.2, 0.25) is 0 Å². The van der Waals surface area contributed by atoms with E-state index < -0.39 is 59.7 Å². The van der Waals surface area contributed by atoms with Crippen LogP contribution in [-0.4, -0.2) is 51.7 Å². The predicted molar refractivity (Wildman–Crippen MR) is 80.0 cm³/mol. The Balaban J connectivity index is 2.12. The maximum absolute atomic E-state index is 13.7. The van der Waals surface area contributed by atoms with Gasteiger partial charge in [-0.1, -0.05) is 0 Å². The Morgan fingerprint density at radius 3 is 2.40 bits per heavy atom. The molecule has 1 aliphatic heterocycles. The number of amides is 2. The zero-order valence-electron chi connectivity index (χ0n) is 12.8. The van der Waals surface area contributed by atoms with Gasteiger partial charge in [0.15, 0.2) is 0 Å². The molecule has 0 aromatic heterocycles. The molecule has 1 aromatic rings. The first-order valence-electron chi connectivity index (χ1n) is 6.99. The summed E-state index contributed by atoms with van der Waals surface area (Å²) in [6.07, 6.45) is -3.48. The summed E-state index contributed by atoms with van der Waals surface area (Å²) < 4.78 is 63.7. The number of hydrogen-bond donors (Lipinski definition) is 2. The Morgan fingerprint density at radius 1 is 1.32 bits per heavy atom. The molecular formula is C14H14F4N2O4S. The average molecular weight is 382 g/mol. The molecule has 11 heteroatoms. The normalized spacial score (nSPS) is 21.9. The zero-order chi connectivity index (χ0) is 18.9. The van der Waals surface area contributed by atoms with E-state index in [0.29, 0.717) is 0 Å². The van der Waals surface area contributed by atoms with Crippen molar-refractivity contribution in [3.8, 4) is 0 Å². The Kier molecular flexibility index (Phi) is 5.35. The molecule has 1 aromatic carbocycles. The molecule has 1 fully saturated rings. The minimum Gasteiger partial charge on any atom is -0.481 e. The summed E-state index contributed by atoms with van der Waals surface area (Å²) in [5.41, 5.74) is -0.0426. The lowest BCUT2D eigenvalue weighted by Gasteiger charge is -2.18. The van der Waals surface area contributed by atoms with Gasteiger partial charge in [-0.3, -0.25) is 9.00 Å². The molecule has 6 nitrogen and oxygen atoms in total. The highest BCUT2D eigenvalue weighted by Gasteiger charge is 2.53. The second-order valence-corrected chi connectivity index (χ2v) is 6.88. The maximum atomic E-state index is 13.7. The van der Waals surface area contributed by atoms with Crippen LogP contribution in [0.25, 0.3) is 0 Å². The number of likely N-dealkylation sites (tertiary alicyclic amines) is 1. The van der Waals surface area contributed by atoms with E-state index in [2.05, 4.69) is 5.32 Å². The van der Waals surface area contributed by atoms with Gasteiger partial charge in [-0.2, -0.15) is 13.2 Å². The number of aliphatic carboxylic acids is 1. The van der Waals surface area contributed by atoms with E-state index in [9.17, 15) is 31.4 Å². The van der Waals surface area contributed by atoms with Crippen LogP contribution >= 0.6 is 0 Å². The summed E-state index contributed by atoms with van der Waals surface area (Å²) in [7, 11) is -1.58. The zero-order valence-corrected chi connectivity index (χ0v) is 13.7. The molecule has 1 saturated heterocycles. The number of carbonyl (C=O) groups excluding carboxylic acids is 1. The number of nitrogens with one attached hydrogen (secondary N) is 1. The van der Waals surface area contributed by atoms with Crippen molar-refractivity contribution in [1.29, 1.82) is 0 Å². The quantitative estimate of drug-likeness (QED) is 0.786. The molecule has 25 heavy (non-hydrogen) atoms. The molecule has 1 unspecified atom stereocenters. The summed E-state index contributed by atoms with van der Waals surface area (Å²) in [5, 5.41) is 11.1. The molecule has 2 rings (SSSR count). The molecule has 138 valence electrons. The number of nitrogens with zero attached hydrogens (tertiary/aromatic N) is 1. The lowest BCUT2D eigenvalue weighted by molar-refractivity contribution is -0.187. The minimum absolute atomic E-state index is 0.0426. The van der Waals surface area contributed by atoms with Gasteiger partial charge in [0.05, 0.1) is 27.5 Å². The molecule has 2 N–H and O–H groups in total. The van der Waals surface area contributed by atoms with Gasteiger partial charge >= 0.3 is 18.2 Å². The first kappa shape index (κ1) is 19.2. The fourth-order valence-corrected chi connectivity index (χ4v) is 3.16. The predicted octanol–water partition coefficient (Wildman–Crippen LogP) is 2.29. The number of carboxylic acids is 1. The molecule has 0 saturated carbocycles. The van der Waals surface area contributed by atoms with Crippen molar-refractivity contribution >= 4 is 28.5 Å². The number of hydrogen-bond acceptors (Lipinski definition) is 3. The van der Waals surface area contributed by atoms with Crippen molar-refractivity contribution in [2.75, 3.05) is 24.7 Å². The fraction of sp³-hybridized carbons (Fsp3) is 0.429. The number of urea groups is 1. The summed E-state index contributed by atoms with van der Waals surface area (Å²) in [6, 6.07) is 2.36. The molecule has 0 radical (unpaired) electrons. The van der Waals surface area contributed by atoms with Crippen molar-refractivity contribution in [3.05, 3.63) is 24.0 Å². The fourth-order valence-electron chi connectivity index (χ4n) is 2.57. The number of halogens is 4. The van der Waals surface area contributed by atoms with Crippen LogP contribution in [0.1, 0.15) is 0 Å². The van der Waals surface area contributed by atoms with Crippen LogP contribution in [-0.2, 0) is 15.6 Å². The molecular weight excluding hydrogens is 368 g/mol. The van der Waals surface area contributed by atoms with E-state index in [4.69, 9.17) is 5.11 Å². The van der Waals surface area contributed by atoms with Gasteiger partial charge in [0.2, 0.25) is 0 Å². The molecule has 3 atom stereocenters. The van der Waals surface area contributed by atoms with Crippen molar-refractivity contribution in [2.45, 2.75) is 11.1 Å². The van der Waals surface area contributed by atoms with Gasteiger partial charge < -0.3 is 15.3 Å². The average Bonchev–Trinajstić information content (AvgIpc) is 2.92. The topological polar surface area (TPSA) is 86.7 Å². The van der Waals surface area contributed by atoms with E-state index in [1.165, 1.54) is 18.4 Å². The molecule has 1 heterocycles. The van der Waals surface area contributed by atoms with Gasteiger partial charge in [0.25, 0.3) is 0 Å². The van der Waals surface area contributed by atoms with Crippen molar-refractivity contribution < 1.29 is 36.5 Å². The minimum atomic E-state index is -4.75. The summed E-state index contributed by atoms with van der Waals surface area (Å²) >= 11 is 0.